The SMILES string of the molecule is CN/C(=C\SC(C)C)C(=O)NC(c1ccccc1)C(O)c1ccccc1. The monoisotopic (exact) mass is 370 g/mol. The van der Waals surface area contributed by atoms with E-state index >= 15 is 0 Å². The highest BCUT2D eigenvalue weighted by Crippen LogP contribution is 2.29. The van der Waals surface area contributed by atoms with Crippen LogP contribution in [0.1, 0.15) is 37.1 Å². The predicted molar refractivity (Wildman–Crippen MR) is 109 cm³/mol. The number of carbonyl (C=O) groups excluding carboxylic acids is 1. The molecule has 0 aliphatic heterocycles. The Hall–Kier alpha value is -2.24. The summed E-state index contributed by atoms with van der Waals surface area (Å²) in [4.78, 5) is 12.7. The van der Waals surface area contributed by atoms with Gasteiger partial charge in [-0.25, -0.2) is 0 Å². The second-order valence-corrected chi connectivity index (χ2v) is 7.63. The highest BCUT2D eigenvalue weighted by molar-refractivity contribution is 8.02. The Bertz CT molecular complexity index is 717. The van der Waals surface area contributed by atoms with Gasteiger partial charge in [-0.3, -0.25) is 4.79 Å². The van der Waals surface area contributed by atoms with Gasteiger partial charge in [-0.2, -0.15) is 0 Å². The van der Waals surface area contributed by atoms with E-state index in [1.165, 1.54) is 0 Å². The number of hydrogen-bond donors (Lipinski definition) is 3. The van der Waals surface area contributed by atoms with E-state index in [1.807, 2.05) is 66.1 Å². The summed E-state index contributed by atoms with van der Waals surface area (Å²) in [5.74, 6) is -0.246. The summed E-state index contributed by atoms with van der Waals surface area (Å²) < 4.78 is 0. The molecule has 26 heavy (non-hydrogen) atoms. The summed E-state index contributed by atoms with van der Waals surface area (Å²) in [5.41, 5.74) is 2.09. The number of rotatable bonds is 8. The Morgan fingerprint density at radius 3 is 2.04 bits per heavy atom. The van der Waals surface area contributed by atoms with E-state index in [9.17, 15) is 9.90 Å². The fourth-order valence-electron chi connectivity index (χ4n) is 2.50. The molecule has 2 rings (SSSR count). The van der Waals surface area contributed by atoms with Crippen molar-refractivity contribution in [3.63, 3.8) is 0 Å². The minimum atomic E-state index is -0.849. The first-order valence-corrected chi connectivity index (χ1v) is 9.59. The molecule has 0 saturated heterocycles. The number of aliphatic hydroxyl groups is 1. The first-order valence-electron chi connectivity index (χ1n) is 8.65. The molecule has 0 radical (unpaired) electrons. The van der Waals surface area contributed by atoms with E-state index in [0.717, 1.165) is 11.1 Å². The van der Waals surface area contributed by atoms with Crippen molar-refractivity contribution in [3.05, 3.63) is 82.9 Å². The molecule has 0 aromatic heterocycles. The van der Waals surface area contributed by atoms with Crippen LogP contribution in [0.3, 0.4) is 0 Å². The van der Waals surface area contributed by atoms with Crippen LogP contribution in [0.2, 0.25) is 0 Å². The molecule has 2 unspecified atom stereocenters. The maximum atomic E-state index is 12.7. The maximum Gasteiger partial charge on any atom is 0.268 e. The number of nitrogens with one attached hydrogen (secondary N) is 2. The number of likely N-dealkylation sites (N-methyl/N-ethyl adjacent to an activating group) is 1. The molecule has 0 fully saturated rings. The molecule has 0 spiro atoms. The minimum absolute atomic E-state index is 0.246. The number of carbonyl (C=O) groups is 1. The first kappa shape index (κ1) is 20.1. The van der Waals surface area contributed by atoms with Crippen molar-refractivity contribution >= 4 is 17.7 Å². The van der Waals surface area contributed by atoms with Crippen LogP contribution < -0.4 is 10.6 Å². The first-order chi connectivity index (χ1) is 12.5. The van der Waals surface area contributed by atoms with E-state index in [2.05, 4.69) is 24.5 Å². The molecular formula is C21H26N2O2S. The standard InChI is InChI=1S/C21H26N2O2S/c1-15(2)26-14-18(22-3)21(25)23-19(16-10-6-4-7-11-16)20(24)17-12-8-5-9-13-17/h4-15,19-20,22,24H,1-3H3,(H,23,25)/b18-14-. The summed E-state index contributed by atoms with van der Waals surface area (Å²) in [6.45, 7) is 4.14. The van der Waals surface area contributed by atoms with E-state index in [1.54, 1.807) is 18.8 Å². The Kier molecular flexibility index (Phi) is 7.75. The molecular weight excluding hydrogens is 344 g/mol. The second kappa shape index (κ2) is 10.0. The molecule has 0 aliphatic rings. The number of hydrogen-bond acceptors (Lipinski definition) is 4. The van der Waals surface area contributed by atoms with Crippen molar-refractivity contribution < 1.29 is 9.90 Å². The Balaban J connectivity index is 2.27. The predicted octanol–water partition coefficient (Wildman–Crippen LogP) is 3.78. The molecule has 0 bridgehead atoms. The summed E-state index contributed by atoms with van der Waals surface area (Å²) in [6, 6.07) is 18.3. The fourth-order valence-corrected chi connectivity index (χ4v) is 3.13. The van der Waals surface area contributed by atoms with Gasteiger partial charge in [0.15, 0.2) is 0 Å². The van der Waals surface area contributed by atoms with Crippen LogP contribution >= 0.6 is 11.8 Å². The lowest BCUT2D eigenvalue weighted by Crippen LogP contribution is -2.36. The van der Waals surface area contributed by atoms with Crippen molar-refractivity contribution in [2.24, 2.45) is 0 Å². The molecule has 0 saturated carbocycles. The molecule has 138 valence electrons. The van der Waals surface area contributed by atoms with Crippen LogP contribution in [0.25, 0.3) is 0 Å². The molecule has 2 atom stereocenters. The summed E-state index contributed by atoms with van der Waals surface area (Å²) in [5, 5.41) is 19.0. The van der Waals surface area contributed by atoms with Gasteiger partial charge in [0.2, 0.25) is 0 Å². The highest BCUT2D eigenvalue weighted by atomic mass is 32.2. The molecule has 0 heterocycles. The minimum Gasteiger partial charge on any atom is -0.386 e. The Labute approximate surface area is 159 Å². The smallest absolute Gasteiger partial charge is 0.268 e. The van der Waals surface area contributed by atoms with E-state index in [4.69, 9.17) is 0 Å². The van der Waals surface area contributed by atoms with Crippen LogP contribution in [0.5, 0.6) is 0 Å². The van der Waals surface area contributed by atoms with Crippen LogP contribution in [0.15, 0.2) is 71.8 Å². The van der Waals surface area contributed by atoms with Crippen molar-refractivity contribution in [1.29, 1.82) is 0 Å². The number of benzene rings is 2. The summed E-state index contributed by atoms with van der Waals surface area (Å²) >= 11 is 1.57. The fraction of sp³-hybridized carbons (Fsp3) is 0.286. The number of aliphatic hydroxyl groups excluding tert-OH is 1. The Morgan fingerprint density at radius 1 is 1.00 bits per heavy atom. The zero-order valence-corrected chi connectivity index (χ0v) is 16.2. The van der Waals surface area contributed by atoms with Crippen molar-refractivity contribution in [2.75, 3.05) is 7.05 Å². The number of amides is 1. The highest BCUT2D eigenvalue weighted by Gasteiger charge is 2.25. The van der Waals surface area contributed by atoms with Gasteiger partial charge in [0.1, 0.15) is 11.8 Å². The third-order valence-electron chi connectivity index (χ3n) is 3.87. The van der Waals surface area contributed by atoms with E-state index in [0.29, 0.717) is 10.9 Å². The van der Waals surface area contributed by atoms with Crippen molar-refractivity contribution in [2.45, 2.75) is 31.2 Å². The lowest BCUT2D eigenvalue weighted by molar-refractivity contribution is -0.119. The van der Waals surface area contributed by atoms with Gasteiger partial charge in [-0.15, -0.1) is 11.8 Å². The van der Waals surface area contributed by atoms with Gasteiger partial charge in [-0.05, 0) is 16.5 Å². The topological polar surface area (TPSA) is 61.4 Å². The van der Waals surface area contributed by atoms with Crippen molar-refractivity contribution in [3.8, 4) is 0 Å². The van der Waals surface area contributed by atoms with E-state index in [-0.39, 0.29) is 5.91 Å². The van der Waals surface area contributed by atoms with Gasteiger partial charge in [-0.1, -0.05) is 74.5 Å². The number of thioether (sulfide) groups is 1. The third-order valence-corrected chi connectivity index (χ3v) is 4.79. The second-order valence-electron chi connectivity index (χ2n) is 6.18. The summed E-state index contributed by atoms with van der Waals surface area (Å²) in [7, 11) is 1.72. The molecule has 3 N–H and O–H groups in total. The van der Waals surface area contributed by atoms with Crippen LogP contribution in [-0.2, 0) is 4.79 Å². The van der Waals surface area contributed by atoms with Gasteiger partial charge in [0.05, 0.1) is 6.04 Å². The van der Waals surface area contributed by atoms with Gasteiger partial charge >= 0.3 is 0 Å². The maximum absolute atomic E-state index is 12.7. The largest absolute Gasteiger partial charge is 0.386 e. The quantitative estimate of drug-likeness (QED) is 0.619. The molecule has 5 heteroatoms. The third kappa shape index (κ3) is 5.64. The van der Waals surface area contributed by atoms with Crippen LogP contribution in [-0.4, -0.2) is 23.3 Å². The summed E-state index contributed by atoms with van der Waals surface area (Å²) in [6.07, 6.45) is -0.849. The zero-order valence-electron chi connectivity index (χ0n) is 15.3. The van der Waals surface area contributed by atoms with Crippen LogP contribution in [0.4, 0.5) is 0 Å². The lowest BCUT2D eigenvalue weighted by atomic mass is 9.95. The lowest BCUT2D eigenvalue weighted by Gasteiger charge is -2.25. The van der Waals surface area contributed by atoms with Crippen molar-refractivity contribution in [1.82, 2.24) is 10.6 Å². The molecule has 0 aliphatic carbocycles. The Morgan fingerprint density at radius 2 is 1.54 bits per heavy atom. The average Bonchev–Trinajstić information content (AvgIpc) is 2.67. The molecule has 2 aromatic rings. The normalized spacial score (nSPS) is 14.0. The molecule has 2 aromatic carbocycles. The van der Waals surface area contributed by atoms with E-state index < -0.39 is 12.1 Å². The van der Waals surface area contributed by atoms with Crippen LogP contribution in [0, 0.1) is 0 Å². The molecule has 1 amide bonds. The zero-order chi connectivity index (χ0) is 18.9. The van der Waals surface area contributed by atoms with Gasteiger partial charge in [0.25, 0.3) is 5.91 Å². The average molecular weight is 371 g/mol. The van der Waals surface area contributed by atoms with Gasteiger partial charge < -0.3 is 15.7 Å². The van der Waals surface area contributed by atoms with Gasteiger partial charge in [0, 0.05) is 12.3 Å². The molecule has 4 nitrogen and oxygen atoms in total.